The minimum Gasteiger partial charge on any atom is -0.374 e. The molecule has 0 aliphatic rings. The molecule has 110 valence electrons. The third kappa shape index (κ3) is 2.85. The molecule has 1 N–H and O–H groups in total. The van der Waals surface area contributed by atoms with E-state index >= 15 is 0 Å². The summed E-state index contributed by atoms with van der Waals surface area (Å²) >= 11 is 7.48. The average Bonchev–Trinajstić information content (AvgIpc) is 3.07. The predicted molar refractivity (Wildman–Crippen MR) is 83.9 cm³/mol. The van der Waals surface area contributed by atoms with Gasteiger partial charge in [0.2, 0.25) is 0 Å². The molecular weight excluding hydrogens is 310 g/mol. The average molecular weight is 324 g/mol. The zero-order valence-electron chi connectivity index (χ0n) is 11.6. The van der Waals surface area contributed by atoms with Crippen molar-refractivity contribution in [3.63, 3.8) is 0 Å². The number of methoxy groups -OCH3 is 1. The number of anilines is 1. The lowest BCUT2D eigenvalue weighted by atomic mass is 10.3. The first-order valence-electron chi connectivity index (χ1n) is 6.33. The van der Waals surface area contributed by atoms with Crippen molar-refractivity contribution in [2.45, 2.75) is 6.10 Å². The molecule has 6 nitrogen and oxygen atoms in total. The van der Waals surface area contributed by atoms with Crippen LogP contribution in [0.3, 0.4) is 0 Å². The van der Waals surface area contributed by atoms with Crippen LogP contribution in [0.5, 0.6) is 0 Å². The van der Waals surface area contributed by atoms with Crippen molar-refractivity contribution in [3.05, 3.63) is 34.0 Å². The highest BCUT2D eigenvalue weighted by atomic mass is 35.5. The van der Waals surface area contributed by atoms with Crippen LogP contribution in [-0.2, 0) is 11.8 Å². The van der Waals surface area contributed by atoms with Gasteiger partial charge in [-0.15, -0.1) is 11.3 Å². The summed E-state index contributed by atoms with van der Waals surface area (Å²) in [5, 5.41) is 3.27. The summed E-state index contributed by atoms with van der Waals surface area (Å²) in [6.07, 6.45) is 3.16. The van der Waals surface area contributed by atoms with E-state index < -0.39 is 0 Å². The highest BCUT2D eigenvalue weighted by Gasteiger charge is 2.15. The summed E-state index contributed by atoms with van der Waals surface area (Å²) in [7, 11) is 3.58. The van der Waals surface area contributed by atoms with E-state index in [0.29, 0.717) is 12.4 Å². The third-order valence-corrected chi connectivity index (χ3v) is 4.47. The van der Waals surface area contributed by atoms with Crippen molar-refractivity contribution in [2.24, 2.45) is 7.05 Å². The molecule has 0 fully saturated rings. The van der Waals surface area contributed by atoms with Gasteiger partial charge in [0.15, 0.2) is 11.5 Å². The number of rotatable bonds is 5. The molecule has 21 heavy (non-hydrogen) atoms. The molecule has 0 spiro atoms. The van der Waals surface area contributed by atoms with Gasteiger partial charge in [-0.3, -0.25) is 0 Å². The van der Waals surface area contributed by atoms with Crippen molar-refractivity contribution in [1.29, 1.82) is 0 Å². The zero-order chi connectivity index (χ0) is 14.8. The van der Waals surface area contributed by atoms with Gasteiger partial charge in [-0.05, 0) is 12.1 Å². The first kappa shape index (κ1) is 14.2. The molecule has 0 saturated carbocycles. The SMILES string of the molecule is COC(CNc1ncnc2c1ncn2C)c1ccc(Cl)s1. The van der Waals surface area contributed by atoms with Crippen LogP contribution in [0.4, 0.5) is 5.82 Å². The van der Waals surface area contributed by atoms with Gasteiger partial charge in [-0.25, -0.2) is 15.0 Å². The maximum absolute atomic E-state index is 5.97. The number of halogens is 1. The van der Waals surface area contributed by atoms with Gasteiger partial charge in [0.05, 0.1) is 10.7 Å². The van der Waals surface area contributed by atoms with Gasteiger partial charge in [0, 0.05) is 25.6 Å². The van der Waals surface area contributed by atoms with Gasteiger partial charge in [-0.1, -0.05) is 11.6 Å². The number of aromatic nitrogens is 4. The molecule has 3 aromatic rings. The van der Waals surface area contributed by atoms with E-state index in [9.17, 15) is 0 Å². The van der Waals surface area contributed by atoms with Gasteiger partial charge in [-0.2, -0.15) is 0 Å². The second-order valence-electron chi connectivity index (χ2n) is 4.50. The Morgan fingerprint density at radius 3 is 2.95 bits per heavy atom. The number of fused-ring (bicyclic) bond motifs is 1. The first-order chi connectivity index (χ1) is 10.2. The molecule has 1 unspecified atom stereocenters. The zero-order valence-corrected chi connectivity index (χ0v) is 13.1. The van der Waals surface area contributed by atoms with Crippen LogP contribution in [0.25, 0.3) is 11.2 Å². The highest BCUT2D eigenvalue weighted by molar-refractivity contribution is 7.16. The summed E-state index contributed by atoms with van der Waals surface area (Å²) in [4.78, 5) is 13.8. The largest absolute Gasteiger partial charge is 0.374 e. The molecule has 3 aromatic heterocycles. The second-order valence-corrected chi connectivity index (χ2v) is 6.24. The lowest BCUT2D eigenvalue weighted by Crippen LogP contribution is -2.14. The fourth-order valence-corrected chi connectivity index (χ4v) is 3.20. The minimum atomic E-state index is -0.0868. The van der Waals surface area contributed by atoms with Crippen LogP contribution in [-0.4, -0.2) is 33.2 Å². The van der Waals surface area contributed by atoms with E-state index in [4.69, 9.17) is 16.3 Å². The molecule has 0 aromatic carbocycles. The monoisotopic (exact) mass is 323 g/mol. The quantitative estimate of drug-likeness (QED) is 0.782. The topological polar surface area (TPSA) is 64.9 Å². The van der Waals surface area contributed by atoms with E-state index in [1.54, 1.807) is 13.4 Å². The van der Waals surface area contributed by atoms with Crippen LogP contribution in [0.15, 0.2) is 24.8 Å². The Balaban J connectivity index is 1.79. The Labute approximate surface area is 130 Å². The number of nitrogens with one attached hydrogen (secondary N) is 1. The molecule has 0 aliphatic heterocycles. The van der Waals surface area contributed by atoms with Crippen LogP contribution in [0.1, 0.15) is 11.0 Å². The van der Waals surface area contributed by atoms with E-state index in [2.05, 4.69) is 20.3 Å². The summed E-state index contributed by atoms with van der Waals surface area (Å²) in [6, 6.07) is 3.84. The molecule has 0 aliphatic carbocycles. The lowest BCUT2D eigenvalue weighted by Gasteiger charge is -2.15. The molecule has 1 atom stereocenters. The van der Waals surface area contributed by atoms with Crippen molar-refractivity contribution >= 4 is 39.9 Å². The molecular formula is C13H14ClN5OS. The maximum atomic E-state index is 5.97. The standard InChI is InChI=1S/C13H14ClN5OS/c1-19-7-18-11-12(16-6-17-13(11)19)15-5-8(20-2)9-3-4-10(14)21-9/h3-4,6-8H,5H2,1-2H3,(H,15,16,17). The second kappa shape index (κ2) is 5.97. The summed E-state index contributed by atoms with van der Waals surface area (Å²) in [6.45, 7) is 0.579. The molecule has 0 bridgehead atoms. The number of hydrogen-bond donors (Lipinski definition) is 1. The molecule has 8 heteroatoms. The summed E-state index contributed by atoms with van der Waals surface area (Å²) in [5.74, 6) is 0.699. The third-order valence-electron chi connectivity index (χ3n) is 3.15. The lowest BCUT2D eigenvalue weighted by molar-refractivity contribution is 0.117. The summed E-state index contributed by atoms with van der Waals surface area (Å²) in [5.41, 5.74) is 1.54. The Kier molecular flexibility index (Phi) is 4.05. The van der Waals surface area contributed by atoms with Gasteiger partial charge >= 0.3 is 0 Å². The highest BCUT2D eigenvalue weighted by Crippen LogP contribution is 2.29. The van der Waals surface area contributed by atoms with Crippen LogP contribution < -0.4 is 5.32 Å². The smallest absolute Gasteiger partial charge is 0.165 e. The number of ether oxygens (including phenoxy) is 1. The van der Waals surface area contributed by atoms with Crippen LogP contribution in [0.2, 0.25) is 4.34 Å². The van der Waals surface area contributed by atoms with E-state index in [-0.39, 0.29) is 6.10 Å². The Morgan fingerprint density at radius 1 is 1.38 bits per heavy atom. The number of aryl methyl sites for hydroxylation is 1. The fourth-order valence-electron chi connectivity index (χ4n) is 2.07. The van der Waals surface area contributed by atoms with Crippen molar-refractivity contribution in [1.82, 2.24) is 19.5 Å². The van der Waals surface area contributed by atoms with Gasteiger partial charge < -0.3 is 14.6 Å². The first-order valence-corrected chi connectivity index (χ1v) is 7.52. The molecule has 3 rings (SSSR count). The van der Waals surface area contributed by atoms with Crippen LogP contribution >= 0.6 is 22.9 Å². The number of hydrogen-bond acceptors (Lipinski definition) is 6. The predicted octanol–water partition coefficient (Wildman–Crippen LogP) is 2.88. The summed E-state index contributed by atoms with van der Waals surface area (Å²) < 4.78 is 8.12. The Morgan fingerprint density at radius 2 is 2.24 bits per heavy atom. The fraction of sp³-hybridized carbons (Fsp3) is 0.308. The molecule has 0 saturated heterocycles. The minimum absolute atomic E-state index is 0.0868. The number of imidazole rings is 1. The maximum Gasteiger partial charge on any atom is 0.165 e. The molecule has 0 amide bonds. The molecule has 3 heterocycles. The van der Waals surface area contributed by atoms with Gasteiger partial charge in [0.1, 0.15) is 17.9 Å². The van der Waals surface area contributed by atoms with Crippen molar-refractivity contribution in [3.8, 4) is 0 Å². The van der Waals surface area contributed by atoms with Crippen molar-refractivity contribution < 1.29 is 4.74 Å². The number of nitrogens with zero attached hydrogens (tertiary/aromatic N) is 4. The van der Waals surface area contributed by atoms with E-state index in [1.165, 1.54) is 17.7 Å². The molecule has 0 radical (unpaired) electrons. The normalized spacial score (nSPS) is 12.7. The van der Waals surface area contributed by atoms with E-state index in [0.717, 1.165) is 20.4 Å². The van der Waals surface area contributed by atoms with E-state index in [1.807, 2.05) is 23.7 Å². The Hall–Kier alpha value is -1.70. The van der Waals surface area contributed by atoms with Gasteiger partial charge in [0.25, 0.3) is 0 Å². The number of thiophene rings is 1. The Bertz CT molecular complexity index is 756. The van der Waals surface area contributed by atoms with Crippen LogP contribution in [0, 0.1) is 0 Å². The van der Waals surface area contributed by atoms with Crippen molar-refractivity contribution in [2.75, 3.05) is 19.0 Å².